The van der Waals surface area contributed by atoms with E-state index in [4.69, 9.17) is 14.2 Å². The minimum atomic E-state index is -0.470. The average Bonchev–Trinajstić information content (AvgIpc) is 2.50. The molecule has 0 bridgehead atoms. The number of methoxy groups -OCH3 is 2. The van der Waals surface area contributed by atoms with Gasteiger partial charge in [0.1, 0.15) is 18.9 Å². The van der Waals surface area contributed by atoms with Gasteiger partial charge in [-0.2, -0.15) is 0 Å². The third-order valence-corrected chi connectivity index (χ3v) is 3.03. The number of benzene rings is 1. The first-order chi connectivity index (χ1) is 10.2. The number of hydrogen-bond donors (Lipinski definition) is 0. The van der Waals surface area contributed by atoms with Crippen LogP contribution in [0.15, 0.2) is 35.3 Å². The number of rotatable bonds is 6. The Balaban J connectivity index is 2.20. The van der Waals surface area contributed by atoms with Crippen molar-refractivity contribution in [1.29, 1.82) is 0 Å². The molecule has 1 aromatic carbocycles. The maximum atomic E-state index is 12.3. The molecule has 112 valence electrons. The van der Waals surface area contributed by atoms with Gasteiger partial charge in [-0.05, 0) is 29.7 Å². The zero-order valence-electron chi connectivity index (χ0n) is 12.0. The molecule has 1 heterocycles. The van der Waals surface area contributed by atoms with E-state index in [1.807, 2.05) is 0 Å². The Bertz CT molecular complexity index is 692. The summed E-state index contributed by atoms with van der Waals surface area (Å²) in [6, 6.07) is 6.94. The first-order valence-electron chi connectivity index (χ1n) is 6.47. The molecule has 2 rings (SSSR count). The summed E-state index contributed by atoms with van der Waals surface area (Å²) in [7, 11) is 3.09. The maximum absolute atomic E-state index is 12.3. The van der Waals surface area contributed by atoms with Crippen LogP contribution in [0, 0.1) is 0 Å². The van der Waals surface area contributed by atoms with Crippen molar-refractivity contribution in [1.82, 2.24) is 4.57 Å². The number of nitrogens with zero attached hydrogens (tertiary/aromatic N) is 1. The van der Waals surface area contributed by atoms with Crippen LogP contribution in [0.25, 0.3) is 10.8 Å². The molecule has 21 heavy (non-hydrogen) atoms. The Kier molecular flexibility index (Phi) is 4.94. The van der Waals surface area contributed by atoms with Crippen molar-refractivity contribution in [3.8, 4) is 5.75 Å². The fraction of sp³-hybridized carbons (Fsp3) is 0.333. The number of aromatic nitrogens is 1. The van der Waals surface area contributed by atoms with Crippen LogP contribution >= 0.6 is 0 Å². The lowest BCUT2D eigenvalue weighted by molar-refractivity contribution is -0.145. The van der Waals surface area contributed by atoms with E-state index in [0.29, 0.717) is 17.7 Å². The smallest absolute Gasteiger partial charge is 0.326 e. The van der Waals surface area contributed by atoms with Crippen molar-refractivity contribution < 1.29 is 19.0 Å². The van der Waals surface area contributed by atoms with Gasteiger partial charge in [-0.3, -0.25) is 9.59 Å². The Morgan fingerprint density at radius 2 is 2.00 bits per heavy atom. The molecule has 0 amide bonds. The normalized spacial score (nSPS) is 10.6. The summed E-state index contributed by atoms with van der Waals surface area (Å²) in [5, 5.41) is 1.30. The van der Waals surface area contributed by atoms with Gasteiger partial charge in [-0.25, -0.2) is 0 Å². The highest BCUT2D eigenvalue weighted by atomic mass is 16.6. The second-order valence-corrected chi connectivity index (χ2v) is 4.42. The van der Waals surface area contributed by atoms with Crippen molar-refractivity contribution >= 4 is 16.7 Å². The number of fused-ring (bicyclic) bond motifs is 1. The van der Waals surface area contributed by atoms with Gasteiger partial charge in [-0.15, -0.1) is 0 Å². The first kappa shape index (κ1) is 15.1. The highest BCUT2D eigenvalue weighted by molar-refractivity contribution is 5.83. The standard InChI is InChI=1S/C15H17NO5/c1-19-7-8-21-14(17)10-16-6-5-11-9-12(20-2)3-4-13(11)15(16)18/h3-6,9H,7-8,10H2,1-2H3. The van der Waals surface area contributed by atoms with Gasteiger partial charge < -0.3 is 18.8 Å². The third kappa shape index (κ3) is 3.61. The molecule has 0 radical (unpaired) electrons. The number of esters is 1. The number of pyridine rings is 1. The van der Waals surface area contributed by atoms with Crippen LogP contribution in [0.2, 0.25) is 0 Å². The molecule has 0 saturated carbocycles. The summed E-state index contributed by atoms with van der Waals surface area (Å²) < 4.78 is 16.2. The van der Waals surface area contributed by atoms with Gasteiger partial charge in [0.2, 0.25) is 0 Å². The fourth-order valence-corrected chi connectivity index (χ4v) is 1.94. The number of carbonyl (C=O) groups is 1. The summed E-state index contributed by atoms with van der Waals surface area (Å²) in [6.07, 6.45) is 1.57. The Labute approximate surface area is 121 Å². The van der Waals surface area contributed by atoms with Crippen LogP contribution in [0.3, 0.4) is 0 Å². The minimum absolute atomic E-state index is 0.121. The van der Waals surface area contributed by atoms with Crippen molar-refractivity contribution in [3.63, 3.8) is 0 Å². The van der Waals surface area contributed by atoms with E-state index in [-0.39, 0.29) is 18.7 Å². The molecule has 0 N–H and O–H groups in total. The third-order valence-electron chi connectivity index (χ3n) is 3.03. The van der Waals surface area contributed by atoms with E-state index >= 15 is 0 Å². The molecule has 1 aromatic heterocycles. The zero-order valence-corrected chi connectivity index (χ0v) is 12.0. The predicted molar refractivity (Wildman–Crippen MR) is 77.6 cm³/mol. The predicted octanol–water partition coefficient (Wildman–Crippen LogP) is 1.20. The Morgan fingerprint density at radius 1 is 1.19 bits per heavy atom. The van der Waals surface area contributed by atoms with Crippen molar-refractivity contribution in [2.24, 2.45) is 0 Å². The molecule has 0 unspecified atom stereocenters. The summed E-state index contributed by atoms with van der Waals surface area (Å²) in [4.78, 5) is 23.9. The van der Waals surface area contributed by atoms with Crippen LogP contribution in [-0.2, 0) is 20.8 Å². The van der Waals surface area contributed by atoms with Gasteiger partial charge in [0.25, 0.3) is 5.56 Å². The van der Waals surface area contributed by atoms with Crippen LogP contribution in [0.1, 0.15) is 0 Å². The highest BCUT2D eigenvalue weighted by Crippen LogP contribution is 2.17. The SMILES string of the molecule is COCCOC(=O)Cn1ccc2cc(OC)ccc2c1=O. The monoisotopic (exact) mass is 291 g/mol. The summed E-state index contributed by atoms with van der Waals surface area (Å²) in [5.74, 6) is 0.209. The van der Waals surface area contributed by atoms with E-state index in [9.17, 15) is 9.59 Å². The number of ether oxygens (including phenoxy) is 3. The van der Waals surface area contributed by atoms with Crippen LogP contribution in [0.4, 0.5) is 0 Å². The van der Waals surface area contributed by atoms with E-state index in [0.717, 1.165) is 5.39 Å². The average molecular weight is 291 g/mol. The minimum Gasteiger partial charge on any atom is -0.497 e. The van der Waals surface area contributed by atoms with E-state index in [1.165, 1.54) is 11.7 Å². The molecule has 6 heteroatoms. The van der Waals surface area contributed by atoms with E-state index < -0.39 is 5.97 Å². The lowest BCUT2D eigenvalue weighted by Gasteiger charge is -2.08. The van der Waals surface area contributed by atoms with Gasteiger partial charge in [0.05, 0.1) is 13.7 Å². The Morgan fingerprint density at radius 3 is 2.71 bits per heavy atom. The summed E-state index contributed by atoms with van der Waals surface area (Å²) in [6.45, 7) is 0.386. The molecule has 0 spiro atoms. The van der Waals surface area contributed by atoms with Crippen LogP contribution < -0.4 is 10.3 Å². The number of hydrogen-bond acceptors (Lipinski definition) is 5. The van der Waals surface area contributed by atoms with E-state index in [2.05, 4.69) is 0 Å². The topological polar surface area (TPSA) is 66.8 Å². The molecule has 0 aliphatic rings. The molecule has 0 aliphatic carbocycles. The summed E-state index contributed by atoms with van der Waals surface area (Å²) >= 11 is 0. The molecule has 6 nitrogen and oxygen atoms in total. The Hall–Kier alpha value is -2.34. The van der Waals surface area contributed by atoms with Crippen molar-refractivity contribution in [3.05, 3.63) is 40.8 Å². The summed E-state index contributed by atoms with van der Waals surface area (Å²) in [5.41, 5.74) is -0.237. The van der Waals surface area contributed by atoms with Crippen LogP contribution in [0.5, 0.6) is 5.75 Å². The van der Waals surface area contributed by atoms with E-state index in [1.54, 1.807) is 37.6 Å². The lowest BCUT2D eigenvalue weighted by Crippen LogP contribution is -2.25. The van der Waals surface area contributed by atoms with Gasteiger partial charge >= 0.3 is 5.97 Å². The van der Waals surface area contributed by atoms with Crippen molar-refractivity contribution in [2.75, 3.05) is 27.4 Å². The highest BCUT2D eigenvalue weighted by Gasteiger charge is 2.08. The molecule has 2 aromatic rings. The first-order valence-corrected chi connectivity index (χ1v) is 6.47. The van der Waals surface area contributed by atoms with Gasteiger partial charge in [0.15, 0.2) is 0 Å². The quantitative estimate of drug-likeness (QED) is 0.591. The lowest BCUT2D eigenvalue weighted by atomic mass is 10.1. The largest absolute Gasteiger partial charge is 0.497 e. The molecule has 0 atom stereocenters. The molecular formula is C15H17NO5. The van der Waals surface area contributed by atoms with Gasteiger partial charge in [-0.1, -0.05) is 0 Å². The second kappa shape index (κ2) is 6.90. The van der Waals surface area contributed by atoms with Gasteiger partial charge in [0, 0.05) is 18.7 Å². The molecular weight excluding hydrogens is 274 g/mol. The zero-order chi connectivity index (χ0) is 15.2. The fourth-order valence-electron chi connectivity index (χ4n) is 1.94. The molecule has 0 fully saturated rings. The molecule has 0 saturated heterocycles. The second-order valence-electron chi connectivity index (χ2n) is 4.42. The maximum Gasteiger partial charge on any atom is 0.326 e. The molecule has 0 aliphatic heterocycles. The van der Waals surface area contributed by atoms with Crippen LogP contribution in [-0.4, -0.2) is 38.0 Å². The van der Waals surface area contributed by atoms with Crippen molar-refractivity contribution in [2.45, 2.75) is 6.54 Å². The number of carbonyl (C=O) groups excluding carboxylic acids is 1.